The Bertz CT molecular complexity index is 550. The van der Waals surface area contributed by atoms with Crippen LogP contribution in [-0.2, 0) is 0 Å². The van der Waals surface area contributed by atoms with Crippen LogP contribution < -0.4 is 0 Å². The SMILES string of the molecule is O=C(CCBr)c1cc2c(Cl)c(Cl)ccc2s1. The van der Waals surface area contributed by atoms with Crippen LogP contribution in [0.3, 0.4) is 0 Å². The van der Waals surface area contributed by atoms with Gasteiger partial charge in [-0.2, -0.15) is 0 Å². The highest BCUT2D eigenvalue weighted by Crippen LogP contribution is 2.36. The van der Waals surface area contributed by atoms with Gasteiger partial charge in [-0.1, -0.05) is 39.1 Å². The van der Waals surface area contributed by atoms with Crippen LogP contribution in [0.1, 0.15) is 16.1 Å². The summed E-state index contributed by atoms with van der Waals surface area (Å²) in [4.78, 5) is 12.4. The summed E-state index contributed by atoms with van der Waals surface area (Å²) in [5.74, 6) is 0.130. The highest BCUT2D eigenvalue weighted by molar-refractivity contribution is 9.09. The standard InChI is InChI=1S/C11H7BrCl2OS/c12-4-3-8(15)10-5-6-9(16-10)2-1-7(13)11(6)14/h1-2,5H,3-4H2. The van der Waals surface area contributed by atoms with E-state index in [1.165, 1.54) is 11.3 Å². The largest absolute Gasteiger partial charge is 0.293 e. The minimum atomic E-state index is 0.130. The van der Waals surface area contributed by atoms with Crippen molar-refractivity contribution in [1.82, 2.24) is 0 Å². The van der Waals surface area contributed by atoms with E-state index in [1.54, 1.807) is 6.07 Å². The van der Waals surface area contributed by atoms with E-state index in [4.69, 9.17) is 23.2 Å². The number of fused-ring (bicyclic) bond motifs is 1. The second-order valence-corrected chi connectivity index (χ2v) is 5.91. The summed E-state index contributed by atoms with van der Waals surface area (Å²) >= 11 is 16.7. The van der Waals surface area contributed by atoms with Crippen molar-refractivity contribution < 1.29 is 4.79 Å². The summed E-state index contributed by atoms with van der Waals surface area (Å²) < 4.78 is 0.993. The predicted molar refractivity (Wildman–Crippen MR) is 74.6 cm³/mol. The van der Waals surface area contributed by atoms with Gasteiger partial charge in [-0.05, 0) is 18.2 Å². The fraction of sp³-hybridized carbons (Fsp3) is 0.182. The van der Waals surface area contributed by atoms with E-state index in [9.17, 15) is 4.79 Å². The molecule has 1 aromatic carbocycles. The normalized spacial score (nSPS) is 10.9. The Balaban J connectivity index is 2.52. The number of hydrogen-bond donors (Lipinski definition) is 0. The van der Waals surface area contributed by atoms with Crippen LogP contribution in [0.4, 0.5) is 0 Å². The Morgan fingerprint density at radius 3 is 2.81 bits per heavy atom. The van der Waals surface area contributed by atoms with E-state index in [2.05, 4.69) is 15.9 Å². The Kier molecular flexibility index (Phi) is 3.90. The minimum Gasteiger partial charge on any atom is -0.293 e. The molecule has 16 heavy (non-hydrogen) atoms. The van der Waals surface area contributed by atoms with Gasteiger partial charge in [-0.25, -0.2) is 0 Å². The molecular formula is C11H7BrCl2OS. The number of benzene rings is 1. The van der Waals surface area contributed by atoms with Crippen LogP contribution in [0.15, 0.2) is 18.2 Å². The number of halogens is 3. The molecule has 0 aliphatic heterocycles. The molecule has 0 N–H and O–H groups in total. The molecule has 5 heteroatoms. The van der Waals surface area contributed by atoms with Crippen molar-refractivity contribution in [1.29, 1.82) is 0 Å². The number of rotatable bonds is 3. The van der Waals surface area contributed by atoms with Gasteiger partial charge < -0.3 is 0 Å². The molecule has 2 aromatic rings. The molecule has 0 unspecified atom stereocenters. The fourth-order valence-electron chi connectivity index (χ4n) is 1.40. The number of carbonyl (C=O) groups is 1. The number of thiophene rings is 1. The third-order valence-corrected chi connectivity index (χ3v) is 4.54. The lowest BCUT2D eigenvalue weighted by Crippen LogP contribution is -1.95. The molecule has 0 spiro atoms. The lowest BCUT2D eigenvalue weighted by atomic mass is 10.2. The van der Waals surface area contributed by atoms with Gasteiger partial charge in [0.25, 0.3) is 0 Å². The molecule has 84 valence electrons. The fourth-order valence-corrected chi connectivity index (χ4v) is 3.23. The van der Waals surface area contributed by atoms with Gasteiger partial charge >= 0.3 is 0 Å². The molecule has 0 amide bonds. The summed E-state index contributed by atoms with van der Waals surface area (Å²) in [6.07, 6.45) is 0.498. The number of alkyl halides is 1. The van der Waals surface area contributed by atoms with Gasteiger partial charge in [0.1, 0.15) is 0 Å². The van der Waals surface area contributed by atoms with Crippen LogP contribution in [0.2, 0.25) is 10.0 Å². The number of Topliss-reactive ketones (excluding diaryl/α,β-unsaturated/α-hetero) is 1. The number of ketones is 1. The topological polar surface area (TPSA) is 17.1 Å². The van der Waals surface area contributed by atoms with E-state index in [1.807, 2.05) is 12.1 Å². The summed E-state index contributed by atoms with van der Waals surface area (Å²) in [5, 5.41) is 2.58. The molecule has 0 aliphatic rings. The Morgan fingerprint density at radius 2 is 2.12 bits per heavy atom. The van der Waals surface area contributed by atoms with E-state index in [-0.39, 0.29) is 5.78 Å². The molecule has 0 saturated heterocycles. The van der Waals surface area contributed by atoms with Crippen molar-refractivity contribution in [3.8, 4) is 0 Å². The van der Waals surface area contributed by atoms with Gasteiger partial charge in [0.2, 0.25) is 0 Å². The molecule has 1 heterocycles. The molecule has 2 rings (SSSR count). The zero-order valence-corrected chi connectivity index (χ0v) is 12.0. The lowest BCUT2D eigenvalue weighted by molar-refractivity contribution is 0.0994. The summed E-state index contributed by atoms with van der Waals surface area (Å²) in [6.45, 7) is 0. The van der Waals surface area contributed by atoms with E-state index < -0.39 is 0 Å². The van der Waals surface area contributed by atoms with Crippen LogP contribution in [-0.4, -0.2) is 11.1 Å². The van der Waals surface area contributed by atoms with Crippen LogP contribution in [0, 0.1) is 0 Å². The second-order valence-electron chi connectivity index (χ2n) is 3.25. The average Bonchev–Trinajstić information content (AvgIpc) is 2.69. The zero-order chi connectivity index (χ0) is 11.7. The first-order chi connectivity index (χ1) is 7.63. The minimum absolute atomic E-state index is 0.130. The van der Waals surface area contributed by atoms with E-state index in [0.717, 1.165) is 15.0 Å². The highest BCUT2D eigenvalue weighted by atomic mass is 79.9. The molecule has 1 aromatic heterocycles. The summed E-state index contributed by atoms with van der Waals surface area (Å²) in [7, 11) is 0. The second kappa shape index (κ2) is 5.05. The van der Waals surface area contributed by atoms with Crippen LogP contribution >= 0.6 is 50.5 Å². The molecular weight excluding hydrogens is 331 g/mol. The maximum atomic E-state index is 11.7. The van der Waals surface area contributed by atoms with Crippen molar-refractivity contribution in [3.63, 3.8) is 0 Å². The molecule has 0 bridgehead atoms. The van der Waals surface area contributed by atoms with E-state index in [0.29, 0.717) is 21.8 Å². The molecule has 1 nitrogen and oxygen atoms in total. The molecule has 0 atom stereocenters. The molecule has 0 radical (unpaired) electrons. The maximum absolute atomic E-state index is 11.7. The van der Waals surface area contributed by atoms with Crippen molar-refractivity contribution in [3.05, 3.63) is 33.1 Å². The van der Waals surface area contributed by atoms with Crippen molar-refractivity contribution in [2.75, 3.05) is 5.33 Å². The van der Waals surface area contributed by atoms with Gasteiger partial charge in [-0.3, -0.25) is 4.79 Å². The van der Waals surface area contributed by atoms with Crippen LogP contribution in [0.5, 0.6) is 0 Å². The monoisotopic (exact) mass is 336 g/mol. The van der Waals surface area contributed by atoms with Gasteiger partial charge in [-0.15, -0.1) is 11.3 Å². The van der Waals surface area contributed by atoms with Crippen molar-refractivity contribution in [2.24, 2.45) is 0 Å². The third-order valence-electron chi connectivity index (χ3n) is 2.18. The Morgan fingerprint density at radius 1 is 1.38 bits per heavy atom. The van der Waals surface area contributed by atoms with Gasteiger partial charge in [0.05, 0.1) is 14.9 Å². The summed E-state index contributed by atoms with van der Waals surface area (Å²) in [5.41, 5.74) is 0. The average molecular weight is 338 g/mol. The van der Waals surface area contributed by atoms with Crippen molar-refractivity contribution in [2.45, 2.75) is 6.42 Å². The zero-order valence-electron chi connectivity index (χ0n) is 8.10. The lowest BCUT2D eigenvalue weighted by Gasteiger charge is -1.95. The Hall–Kier alpha value is -0.0900. The first kappa shape index (κ1) is 12.4. The van der Waals surface area contributed by atoms with Gasteiger partial charge in [0.15, 0.2) is 5.78 Å². The smallest absolute Gasteiger partial charge is 0.173 e. The molecule has 0 aliphatic carbocycles. The van der Waals surface area contributed by atoms with Crippen molar-refractivity contribution >= 4 is 66.3 Å². The third kappa shape index (κ3) is 2.28. The first-order valence-corrected chi connectivity index (χ1v) is 7.29. The summed E-state index contributed by atoms with van der Waals surface area (Å²) in [6, 6.07) is 5.46. The first-order valence-electron chi connectivity index (χ1n) is 4.60. The number of carbonyl (C=O) groups excluding carboxylic acids is 1. The highest BCUT2D eigenvalue weighted by Gasteiger charge is 2.12. The molecule has 0 saturated carbocycles. The Labute approximate surface area is 115 Å². The molecule has 0 fully saturated rings. The predicted octanol–water partition coefficient (Wildman–Crippen LogP) is 5.18. The van der Waals surface area contributed by atoms with E-state index >= 15 is 0 Å². The quantitative estimate of drug-likeness (QED) is 0.557. The van der Waals surface area contributed by atoms with Crippen LogP contribution in [0.25, 0.3) is 10.1 Å². The van der Waals surface area contributed by atoms with Gasteiger partial charge in [0, 0.05) is 21.8 Å². The number of hydrogen-bond acceptors (Lipinski definition) is 2. The maximum Gasteiger partial charge on any atom is 0.173 e.